The lowest BCUT2D eigenvalue weighted by Crippen LogP contribution is -2.13. The highest BCUT2D eigenvalue weighted by atomic mass is 14.8. The normalized spacial score (nSPS) is 17.8. The maximum absolute atomic E-state index is 8.57. The van der Waals surface area contributed by atoms with E-state index in [4.69, 9.17) is 11.0 Å². The number of rotatable bonds is 2. The van der Waals surface area contributed by atoms with Gasteiger partial charge in [0.2, 0.25) is 0 Å². The van der Waals surface area contributed by atoms with Crippen molar-refractivity contribution in [2.45, 2.75) is 18.9 Å². The zero-order chi connectivity index (χ0) is 9.26. The highest BCUT2D eigenvalue weighted by Gasteiger charge is 2.30. The van der Waals surface area contributed by atoms with Crippen molar-refractivity contribution in [3.8, 4) is 6.07 Å². The summed E-state index contributed by atoms with van der Waals surface area (Å²) in [6.07, 6.45) is 4.00. The van der Waals surface area contributed by atoms with E-state index in [0.29, 0.717) is 11.5 Å². The molecule has 0 bridgehead atoms. The molecule has 1 heterocycles. The number of pyridine rings is 1. The van der Waals surface area contributed by atoms with Crippen LogP contribution in [0.15, 0.2) is 18.3 Å². The molecule has 0 aliphatic heterocycles. The highest BCUT2D eigenvalue weighted by Crippen LogP contribution is 2.38. The van der Waals surface area contributed by atoms with Crippen molar-refractivity contribution in [1.29, 1.82) is 5.26 Å². The van der Waals surface area contributed by atoms with Gasteiger partial charge < -0.3 is 5.73 Å². The fraction of sp³-hybridized carbons (Fsp3) is 0.400. The maximum atomic E-state index is 8.57. The minimum atomic E-state index is 0.0627. The molecule has 1 saturated carbocycles. The molecular formula is C10H11N3. The molecule has 3 heteroatoms. The van der Waals surface area contributed by atoms with E-state index in [1.165, 1.54) is 12.8 Å². The molecule has 13 heavy (non-hydrogen) atoms. The Bertz CT molecular complexity index is 332. The average molecular weight is 173 g/mol. The molecular weight excluding hydrogens is 162 g/mol. The van der Waals surface area contributed by atoms with Crippen molar-refractivity contribution in [1.82, 2.24) is 4.98 Å². The monoisotopic (exact) mass is 173 g/mol. The third-order valence-electron chi connectivity index (χ3n) is 2.39. The molecule has 1 atom stereocenters. The van der Waals surface area contributed by atoms with Gasteiger partial charge in [0.25, 0.3) is 0 Å². The van der Waals surface area contributed by atoms with Crippen LogP contribution in [-0.4, -0.2) is 4.98 Å². The van der Waals surface area contributed by atoms with Crippen LogP contribution in [0.25, 0.3) is 0 Å². The van der Waals surface area contributed by atoms with Crippen molar-refractivity contribution in [3.63, 3.8) is 0 Å². The molecule has 0 spiro atoms. The van der Waals surface area contributed by atoms with E-state index in [2.05, 4.69) is 4.98 Å². The van der Waals surface area contributed by atoms with Crippen LogP contribution in [0.2, 0.25) is 0 Å². The van der Waals surface area contributed by atoms with E-state index in [1.807, 2.05) is 12.1 Å². The lowest BCUT2D eigenvalue weighted by atomic mass is 10.1. The van der Waals surface area contributed by atoms with E-state index in [9.17, 15) is 0 Å². The van der Waals surface area contributed by atoms with Gasteiger partial charge in [-0.1, -0.05) is 0 Å². The van der Waals surface area contributed by atoms with Crippen LogP contribution in [0.5, 0.6) is 0 Å². The smallest absolute Gasteiger partial charge is 0.101 e. The Morgan fingerprint density at radius 1 is 1.54 bits per heavy atom. The Balaban J connectivity index is 2.17. The zero-order valence-electron chi connectivity index (χ0n) is 7.27. The lowest BCUT2D eigenvalue weighted by Gasteiger charge is -2.08. The van der Waals surface area contributed by atoms with E-state index in [-0.39, 0.29) is 6.04 Å². The van der Waals surface area contributed by atoms with Gasteiger partial charge in [-0.15, -0.1) is 0 Å². The van der Waals surface area contributed by atoms with Crippen molar-refractivity contribution in [3.05, 3.63) is 29.6 Å². The van der Waals surface area contributed by atoms with Gasteiger partial charge in [0.05, 0.1) is 11.3 Å². The molecule has 0 saturated heterocycles. The van der Waals surface area contributed by atoms with Crippen LogP contribution in [0.3, 0.4) is 0 Å². The third kappa shape index (κ3) is 1.68. The van der Waals surface area contributed by atoms with Gasteiger partial charge >= 0.3 is 0 Å². The molecule has 1 aliphatic rings. The SMILES string of the molecule is N#Cc1ccc([C@H](N)C2CC2)nc1. The van der Waals surface area contributed by atoms with E-state index >= 15 is 0 Å². The first kappa shape index (κ1) is 8.21. The van der Waals surface area contributed by atoms with Gasteiger partial charge in [0.1, 0.15) is 6.07 Å². The van der Waals surface area contributed by atoms with Gasteiger partial charge in [-0.05, 0) is 30.9 Å². The van der Waals surface area contributed by atoms with Crippen molar-refractivity contribution in [2.24, 2.45) is 11.7 Å². The Labute approximate surface area is 77.2 Å². The maximum Gasteiger partial charge on any atom is 0.101 e. The van der Waals surface area contributed by atoms with Crippen LogP contribution in [-0.2, 0) is 0 Å². The van der Waals surface area contributed by atoms with E-state index < -0.39 is 0 Å². The Hall–Kier alpha value is -1.40. The van der Waals surface area contributed by atoms with Crippen molar-refractivity contribution < 1.29 is 0 Å². The predicted octanol–water partition coefficient (Wildman–Crippen LogP) is 1.36. The molecule has 1 aromatic rings. The fourth-order valence-electron chi connectivity index (χ4n) is 1.37. The number of hydrogen-bond acceptors (Lipinski definition) is 3. The second kappa shape index (κ2) is 3.15. The first-order valence-corrected chi connectivity index (χ1v) is 4.43. The van der Waals surface area contributed by atoms with Crippen LogP contribution in [0.4, 0.5) is 0 Å². The van der Waals surface area contributed by atoms with Crippen molar-refractivity contribution in [2.75, 3.05) is 0 Å². The van der Waals surface area contributed by atoms with Gasteiger partial charge in [-0.2, -0.15) is 5.26 Å². The van der Waals surface area contributed by atoms with Crippen LogP contribution in [0, 0.1) is 17.2 Å². The molecule has 1 aromatic heterocycles. The molecule has 0 aromatic carbocycles. The highest BCUT2D eigenvalue weighted by molar-refractivity contribution is 5.27. The van der Waals surface area contributed by atoms with E-state index in [1.54, 1.807) is 12.3 Å². The molecule has 0 amide bonds. The largest absolute Gasteiger partial charge is 0.322 e. The van der Waals surface area contributed by atoms with Crippen LogP contribution in [0.1, 0.15) is 30.1 Å². The molecule has 0 radical (unpaired) electrons. The topological polar surface area (TPSA) is 62.7 Å². The predicted molar refractivity (Wildman–Crippen MR) is 48.6 cm³/mol. The summed E-state index contributed by atoms with van der Waals surface area (Å²) in [5.74, 6) is 0.612. The molecule has 2 rings (SSSR count). The third-order valence-corrected chi connectivity index (χ3v) is 2.39. The van der Waals surface area contributed by atoms with Gasteiger partial charge in [0, 0.05) is 12.2 Å². The summed E-state index contributed by atoms with van der Waals surface area (Å²) in [5, 5.41) is 8.57. The van der Waals surface area contributed by atoms with Gasteiger partial charge in [-0.25, -0.2) is 0 Å². The first-order chi connectivity index (χ1) is 6.31. The standard InChI is InChI=1S/C10H11N3/c11-5-7-1-4-9(13-6-7)10(12)8-2-3-8/h1,4,6,8,10H,2-3,12H2/t10-/m1/s1. The van der Waals surface area contributed by atoms with Crippen molar-refractivity contribution >= 4 is 0 Å². The summed E-state index contributed by atoms with van der Waals surface area (Å²) >= 11 is 0. The summed E-state index contributed by atoms with van der Waals surface area (Å²) < 4.78 is 0. The molecule has 66 valence electrons. The zero-order valence-corrected chi connectivity index (χ0v) is 7.27. The number of nitrogens with zero attached hydrogens (tertiary/aromatic N) is 2. The molecule has 1 fully saturated rings. The Morgan fingerprint density at radius 3 is 2.77 bits per heavy atom. The molecule has 3 nitrogen and oxygen atoms in total. The molecule has 0 unspecified atom stereocenters. The molecule has 1 aliphatic carbocycles. The quantitative estimate of drug-likeness (QED) is 0.734. The minimum absolute atomic E-state index is 0.0627. The lowest BCUT2D eigenvalue weighted by molar-refractivity contribution is 0.615. The summed E-state index contributed by atoms with van der Waals surface area (Å²) in [4.78, 5) is 4.16. The minimum Gasteiger partial charge on any atom is -0.322 e. The Morgan fingerprint density at radius 2 is 2.31 bits per heavy atom. The van der Waals surface area contributed by atoms with Gasteiger partial charge in [0.15, 0.2) is 0 Å². The van der Waals surface area contributed by atoms with Crippen LogP contribution < -0.4 is 5.73 Å². The second-order valence-corrected chi connectivity index (χ2v) is 3.45. The van der Waals surface area contributed by atoms with E-state index in [0.717, 1.165) is 5.69 Å². The summed E-state index contributed by atoms with van der Waals surface area (Å²) in [6.45, 7) is 0. The number of hydrogen-bond donors (Lipinski definition) is 1. The summed E-state index contributed by atoms with van der Waals surface area (Å²) in [5.41, 5.74) is 7.44. The number of aromatic nitrogens is 1. The summed E-state index contributed by atoms with van der Waals surface area (Å²) in [7, 11) is 0. The van der Waals surface area contributed by atoms with Crippen LogP contribution >= 0.6 is 0 Å². The average Bonchev–Trinajstić information content (AvgIpc) is 3.00. The second-order valence-electron chi connectivity index (χ2n) is 3.45. The fourth-order valence-corrected chi connectivity index (χ4v) is 1.37. The van der Waals surface area contributed by atoms with Gasteiger partial charge in [-0.3, -0.25) is 4.98 Å². The first-order valence-electron chi connectivity index (χ1n) is 4.43. The summed E-state index contributed by atoms with van der Waals surface area (Å²) in [6, 6.07) is 5.71. The number of nitriles is 1. The number of nitrogens with two attached hydrogens (primary N) is 1. The molecule has 2 N–H and O–H groups in total. The Kier molecular flexibility index (Phi) is 1.99.